The lowest BCUT2D eigenvalue weighted by Crippen LogP contribution is -2.19. The van der Waals surface area contributed by atoms with Gasteiger partial charge in [0.2, 0.25) is 0 Å². The quantitative estimate of drug-likeness (QED) is 0.710. The van der Waals surface area contributed by atoms with Gasteiger partial charge in [0.05, 0.1) is 6.10 Å². The van der Waals surface area contributed by atoms with Crippen LogP contribution in [-0.2, 0) is 6.42 Å². The minimum atomic E-state index is -0.338. The fourth-order valence-corrected chi connectivity index (χ4v) is 1.59. The number of thiophene rings is 1. The zero-order chi connectivity index (χ0) is 8.10. The van der Waals surface area contributed by atoms with E-state index in [0.29, 0.717) is 6.54 Å². The summed E-state index contributed by atoms with van der Waals surface area (Å²) in [5.41, 5.74) is 6.56. The van der Waals surface area contributed by atoms with Crippen LogP contribution in [0.1, 0.15) is 12.0 Å². The third-order valence-electron chi connectivity index (χ3n) is 1.62. The molecule has 3 N–H and O–H groups in total. The monoisotopic (exact) mass is 171 g/mol. The van der Waals surface area contributed by atoms with Gasteiger partial charge in [-0.3, -0.25) is 0 Å². The SMILES string of the molecule is NC[C@H](O)CCc1ccsc1. The van der Waals surface area contributed by atoms with Crippen LogP contribution >= 0.6 is 11.3 Å². The first-order valence-electron chi connectivity index (χ1n) is 3.72. The van der Waals surface area contributed by atoms with E-state index in [2.05, 4.69) is 11.4 Å². The highest BCUT2D eigenvalue weighted by Crippen LogP contribution is 2.09. The van der Waals surface area contributed by atoms with Crippen LogP contribution < -0.4 is 5.73 Å². The minimum Gasteiger partial charge on any atom is -0.392 e. The highest BCUT2D eigenvalue weighted by Gasteiger charge is 2.00. The van der Waals surface area contributed by atoms with E-state index in [-0.39, 0.29) is 6.10 Å². The number of hydrogen-bond acceptors (Lipinski definition) is 3. The first-order chi connectivity index (χ1) is 5.33. The summed E-state index contributed by atoms with van der Waals surface area (Å²) in [6, 6.07) is 2.08. The molecule has 0 aromatic carbocycles. The fraction of sp³-hybridized carbons (Fsp3) is 0.500. The van der Waals surface area contributed by atoms with Crippen molar-refractivity contribution in [2.75, 3.05) is 6.54 Å². The predicted molar refractivity (Wildman–Crippen MR) is 47.7 cm³/mol. The van der Waals surface area contributed by atoms with E-state index in [9.17, 15) is 0 Å². The largest absolute Gasteiger partial charge is 0.392 e. The normalized spacial score (nSPS) is 13.3. The Morgan fingerprint density at radius 3 is 3.00 bits per heavy atom. The van der Waals surface area contributed by atoms with Gasteiger partial charge >= 0.3 is 0 Å². The zero-order valence-electron chi connectivity index (χ0n) is 6.36. The molecule has 0 aliphatic rings. The first-order valence-corrected chi connectivity index (χ1v) is 4.66. The van der Waals surface area contributed by atoms with Crippen LogP contribution in [0.4, 0.5) is 0 Å². The van der Waals surface area contributed by atoms with Crippen LogP contribution in [0, 0.1) is 0 Å². The number of nitrogens with two attached hydrogens (primary N) is 1. The molecular weight excluding hydrogens is 158 g/mol. The standard InChI is InChI=1S/C8H13NOS/c9-5-8(10)2-1-7-3-4-11-6-7/h3-4,6,8,10H,1-2,5,9H2/t8-/m1/s1. The maximum atomic E-state index is 9.14. The van der Waals surface area contributed by atoms with E-state index >= 15 is 0 Å². The van der Waals surface area contributed by atoms with Gasteiger partial charge in [0.25, 0.3) is 0 Å². The molecule has 0 aliphatic heterocycles. The summed E-state index contributed by atoms with van der Waals surface area (Å²) in [5, 5.41) is 13.3. The molecule has 1 heterocycles. The van der Waals surface area contributed by atoms with Crippen molar-refractivity contribution < 1.29 is 5.11 Å². The van der Waals surface area contributed by atoms with Crippen LogP contribution in [0.25, 0.3) is 0 Å². The third kappa shape index (κ3) is 3.01. The number of aliphatic hydroxyl groups is 1. The van der Waals surface area contributed by atoms with E-state index in [4.69, 9.17) is 10.8 Å². The van der Waals surface area contributed by atoms with Gasteiger partial charge in [-0.1, -0.05) is 0 Å². The van der Waals surface area contributed by atoms with E-state index in [1.165, 1.54) is 5.56 Å². The van der Waals surface area contributed by atoms with Gasteiger partial charge in [0.15, 0.2) is 0 Å². The van der Waals surface area contributed by atoms with Gasteiger partial charge in [-0.2, -0.15) is 11.3 Å². The maximum Gasteiger partial charge on any atom is 0.0665 e. The average Bonchev–Trinajstić information content (AvgIpc) is 2.52. The van der Waals surface area contributed by atoms with E-state index < -0.39 is 0 Å². The molecule has 0 saturated heterocycles. The van der Waals surface area contributed by atoms with Crippen molar-refractivity contribution >= 4 is 11.3 Å². The summed E-state index contributed by atoms with van der Waals surface area (Å²) in [7, 11) is 0. The van der Waals surface area contributed by atoms with Gasteiger partial charge in [-0.15, -0.1) is 0 Å². The Bertz CT molecular complexity index is 186. The molecule has 0 aliphatic carbocycles. The van der Waals surface area contributed by atoms with Gasteiger partial charge < -0.3 is 10.8 Å². The molecule has 11 heavy (non-hydrogen) atoms. The van der Waals surface area contributed by atoms with Gasteiger partial charge in [-0.05, 0) is 35.2 Å². The summed E-state index contributed by atoms with van der Waals surface area (Å²) in [5.74, 6) is 0. The van der Waals surface area contributed by atoms with Crippen molar-refractivity contribution in [3.8, 4) is 0 Å². The van der Waals surface area contributed by atoms with Gasteiger partial charge in [-0.25, -0.2) is 0 Å². The van der Waals surface area contributed by atoms with Crippen molar-refractivity contribution in [3.05, 3.63) is 22.4 Å². The summed E-state index contributed by atoms with van der Waals surface area (Å²) in [6.07, 6.45) is 1.37. The minimum absolute atomic E-state index is 0.338. The first kappa shape index (κ1) is 8.71. The molecule has 0 bridgehead atoms. The lowest BCUT2D eigenvalue weighted by Gasteiger charge is -2.04. The number of rotatable bonds is 4. The second-order valence-electron chi connectivity index (χ2n) is 2.56. The molecule has 1 rings (SSSR count). The molecule has 0 saturated carbocycles. The number of hydrogen-bond donors (Lipinski definition) is 2. The van der Waals surface area contributed by atoms with Crippen molar-refractivity contribution in [3.63, 3.8) is 0 Å². The van der Waals surface area contributed by atoms with Crippen molar-refractivity contribution in [1.82, 2.24) is 0 Å². The number of aryl methyl sites for hydroxylation is 1. The summed E-state index contributed by atoms with van der Waals surface area (Å²) in [4.78, 5) is 0. The van der Waals surface area contributed by atoms with Gasteiger partial charge in [0.1, 0.15) is 0 Å². The van der Waals surface area contributed by atoms with Crippen LogP contribution in [0.3, 0.4) is 0 Å². The molecule has 3 heteroatoms. The molecule has 0 unspecified atom stereocenters. The van der Waals surface area contributed by atoms with Crippen LogP contribution in [0.5, 0.6) is 0 Å². The highest BCUT2D eigenvalue weighted by atomic mass is 32.1. The molecule has 2 nitrogen and oxygen atoms in total. The van der Waals surface area contributed by atoms with Crippen molar-refractivity contribution in [2.45, 2.75) is 18.9 Å². The summed E-state index contributed by atoms with van der Waals surface area (Å²) < 4.78 is 0. The Kier molecular flexibility index (Phi) is 3.56. The van der Waals surface area contributed by atoms with Crippen LogP contribution in [-0.4, -0.2) is 17.8 Å². The van der Waals surface area contributed by atoms with E-state index in [1.807, 2.05) is 5.38 Å². The molecule has 1 atom stereocenters. The Hall–Kier alpha value is -0.380. The average molecular weight is 171 g/mol. The molecule has 0 fully saturated rings. The van der Waals surface area contributed by atoms with Crippen LogP contribution in [0.2, 0.25) is 0 Å². The Morgan fingerprint density at radius 2 is 2.45 bits per heavy atom. The topological polar surface area (TPSA) is 46.2 Å². The second kappa shape index (κ2) is 4.49. The maximum absolute atomic E-state index is 9.14. The molecule has 1 aromatic rings. The summed E-state index contributed by atoms with van der Waals surface area (Å²) >= 11 is 1.69. The van der Waals surface area contributed by atoms with Crippen LogP contribution in [0.15, 0.2) is 16.8 Å². The zero-order valence-corrected chi connectivity index (χ0v) is 7.18. The second-order valence-corrected chi connectivity index (χ2v) is 3.34. The van der Waals surface area contributed by atoms with Gasteiger partial charge in [0, 0.05) is 6.54 Å². The van der Waals surface area contributed by atoms with E-state index in [0.717, 1.165) is 12.8 Å². The number of aliphatic hydroxyl groups excluding tert-OH is 1. The molecule has 0 radical (unpaired) electrons. The highest BCUT2D eigenvalue weighted by molar-refractivity contribution is 7.07. The fourth-order valence-electron chi connectivity index (χ4n) is 0.886. The predicted octanol–water partition coefficient (Wildman–Crippen LogP) is 1.00. The molecule has 0 amide bonds. The van der Waals surface area contributed by atoms with Crippen molar-refractivity contribution in [2.24, 2.45) is 5.73 Å². The lowest BCUT2D eigenvalue weighted by molar-refractivity contribution is 0.173. The molecule has 62 valence electrons. The smallest absolute Gasteiger partial charge is 0.0665 e. The Balaban J connectivity index is 2.23. The Morgan fingerprint density at radius 1 is 1.64 bits per heavy atom. The van der Waals surface area contributed by atoms with E-state index in [1.54, 1.807) is 11.3 Å². The summed E-state index contributed by atoms with van der Waals surface area (Å²) in [6.45, 7) is 0.365. The third-order valence-corrected chi connectivity index (χ3v) is 2.35. The Labute approximate surface area is 70.7 Å². The molecule has 0 spiro atoms. The lowest BCUT2D eigenvalue weighted by atomic mass is 10.1. The molecular formula is C8H13NOS. The van der Waals surface area contributed by atoms with Crippen molar-refractivity contribution in [1.29, 1.82) is 0 Å². The molecule has 1 aromatic heterocycles.